The van der Waals surface area contributed by atoms with Gasteiger partial charge < -0.3 is 0 Å². The van der Waals surface area contributed by atoms with Crippen LogP contribution >= 0.6 is 15.9 Å². The molecular formula is C13H11Br. The van der Waals surface area contributed by atoms with Gasteiger partial charge in [-0.15, -0.1) is 0 Å². The molecule has 2 aromatic rings. The molecule has 0 heterocycles. The number of hydrogen-bond donors (Lipinski definition) is 0. The largest absolute Gasteiger partial charge is 0.0839 e. The van der Waals surface area contributed by atoms with Crippen LogP contribution in [0.3, 0.4) is 0 Å². The highest BCUT2D eigenvalue weighted by Crippen LogP contribution is 2.39. The molecule has 0 nitrogen and oxygen atoms in total. The average molecular weight is 247 g/mol. The van der Waals surface area contributed by atoms with E-state index >= 15 is 0 Å². The Bertz CT molecular complexity index is 488. The molecular weight excluding hydrogens is 236 g/mol. The van der Waals surface area contributed by atoms with Crippen LogP contribution in [0.4, 0.5) is 0 Å². The minimum Gasteiger partial charge on any atom is -0.0839 e. The van der Waals surface area contributed by atoms with Gasteiger partial charge in [0.2, 0.25) is 0 Å². The summed E-state index contributed by atoms with van der Waals surface area (Å²) in [5.41, 5.74) is 3.01. The predicted octanol–water partition coefficient (Wildman–Crippen LogP) is 4.22. The van der Waals surface area contributed by atoms with Gasteiger partial charge >= 0.3 is 0 Å². The van der Waals surface area contributed by atoms with Gasteiger partial charge in [0.1, 0.15) is 0 Å². The van der Waals surface area contributed by atoms with E-state index in [1.54, 1.807) is 0 Å². The highest BCUT2D eigenvalue weighted by atomic mass is 79.9. The van der Waals surface area contributed by atoms with Crippen molar-refractivity contribution < 1.29 is 0 Å². The summed E-state index contributed by atoms with van der Waals surface area (Å²) in [7, 11) is 0. The standard InChI is InChI=1S/C13H11Br/c14-13-6-5-11-7-9-3-1-2-4-10(9)8-12(11)13/h1-4,7-8,13H,5-6H2. The summed E-state index contributed by atoms with van der Waals surface area (Å²) in [5.74, 6) is 0. The van der Waals surface area contributed by atoms with Gasteiger partial charge in [0.25, 0.3) is 0 Å². The van der Waals surface area contributed by atoms with Crippen LogP contribution < -0.4 is 0 Å². The summed E-state index contributed by atoms with van der Waals surface area (Å²) in [6, 6.07) is 13.3. The third-order valence-corrected chi connectivity index (χ3v) is 3.96. The Balaban J connectivity index is 2.33. The molecule has 70 valence electrons. The Morgan fingerprint density at radius 1 is 1.07 bits per heavy atom. The molecule has 1 unspecified atom stereocenters. The quantitative estimate of drug-likeness (QED) is 0.611. The number of benzene rings is 2. The zero-order valence-electron chi connectivity index (χ0n) is 7.83. The molecule has 0 spiro atoms. The maximum atomic E-state index is 3.72. The number of rotatable bonds is 0. The number of halogens is 1. The fraction of sp³-hybridized carbons (Fsp3) is 0.231. The van der Waals surface area contributed by atoms with Gasteiger partial charge in [-0.3, -0.25) is 0 Å². The lowest BCUT2D eigenvalue weighted by Gasteiger charge is -2.05. The zero-order valence-corrected chi connectivity index (χ0v) is 9.42. The highest BCUT2D eigenvalue weighted by molar-refractivity contribution is 9.09. The first kappa shape index (κ1) is 8.49. The summed E-state index contributed by atoms with van der Waals surface area (Å²) < 4.78 is 0. The van der Waals surface area contributed by atoms with Crippen LogP contribution in [0.2, 0.25) is 0 Å². The first-order chi connectivity index (χ1) is 6.84. The summed E-state index contributed by atoms with van der Waals surface area (Å²) in [6.45, 7) is 0. The smallest absolute Gasteiger partial charge is 0.0401 e. The van der Waals surface area contributed by atoms with Crippen molar-refractivity contribution in [2.45, 2.75) is 17.7 Å². The van der Waals surface area contributed by atoms with Gasteiger partial charge in [-0.2, -0.15) is 0 Å². The van der Waals surface area contributed by atoms with Crippen LogP contribution in [0.15, 0.2) is 36.4 Å². The lowest BCUT2D eigenvalue weighted by atomic mass is 10.0. The summed E-state index contributed by atoms with van der Waals surface area (Å²) in [5, 5.41) is 2.73. The molecule has 0 aromatic heterocycles. The van der Waals surface area contributed by atoms with Gasteiger partial charge in [0.15, 0.2) is 0 Å². The van der Waals surface area contributed by atoms with Crippen LogP contribution in [0, 0.1) is 0 Å². The van der Waals surface area contributed by atoms with E-state index in [1.807, 2.05) is 0 Å². The van der Waals surface area contributed by atoms with Crippen molar-refractivity contribution in [1.82, 2.24) is 0 Å². The fourth-order valence-electron chi connectivity index (χ4n) is 2.25. The van der Waals surface area contributed by atoms with Crippen molar-refractivity contribution >= 4 is 26.7 Å². The van der Waals surface area contributed by atoms with Gasteiger partial charge in [-0.25, -0.2) is 0 Å². The van der Waals surface area contributed by atoms with Crippen molar-refractivity contribution in [3.63, 3.8) is 0 Å². The van der Waals surface area contributed by atoms with Crippen molar-refractivity contribution in [1.29, 1.82) is 0 Å². The molecule has 1 aliphatic carbocycles. The third kappa shape index (κ3) is 1.19. The van der Waals surface area contributed by atoms with E-state index < -0.39 is 0 Å². The second-order valence-electron chi connectivity index (χ2n) is 3.90. The maximum absolute atomic E-state index is 3.72. The molecule has 1 heteroatoms. The van der Waals surface area contributed by atoms with Gasteiger partial charge in [-0.1, -0.05) is 46.3 Å². The highest BCUT2D eigenvalue weighted by Gasteiger charge is 2.19. The van der Waals surface area contributed by atoms with E-state index in [2.05, 4.69) is 52.3 Å². The van der Waals surface area contributed by atoms with Crippen molar-refractivity contribution in [3.05, 3.63) is 47.5 Å². The van der Waals surface area contributed by atoms with E-state index in [1.165, 1.54) is 34.7 Å². The lowest BCUT2D eigenvalue weighted by molar-refractivity contribution is 0.904. The first-order valence-corrected chi connectivity index (χ1v) is 5.92. The van der Waals surface area contributed by atoms with Crippen molar-refractivity contribution in [2.75, 3.05) is 0 Å². The molecule has 1 aliphatic rings. The molecule has 0 aliphatic heterocycles. The molecule has 1 atom stereocenters. The molecule has 0 bridgehead atoms. The second kappa shape index (κ2) is 3.09. The SMILES string of the molecule is BrC1CCc2cc3ccccc3cc21. The molecule has 14 heavy (non-hydrogen) atoms. The van der Waals surface area contributed by atoms with E-state index in [4.69, 9.17) is 0 Å². The van der Waals surface area contributed by atoms with Gasteiger partial charge in [0, 0.05) is 4.83 Å². The number of aryl methyl sites for hydroxylation is 1. The number of fused-ring (bicyclic) bond motifs is 2. The van der Waals surface area contributed by atoms with E-state index in [9.17, 15) is 0 Å². The van der Waals surface area contributed by atoms with Gasteiger partial charge in [-0.05, 0) is 40.8 Å². The lowest BCUT2D eigenvalue weighted by Crippen LogP contribution is -1.84. The Hall–Kier alpha value is -0.820. The minimum absolute atomic E-state index is 0.571. The van der Waals surface area contributed by atoms with Crippen LogP contribution in [0.1, 0.15) is 22.4 Å². The Morgan fingerprint density at radius 2 is 1.79 bits per heavy atom. The second-order valence-corrected chi connectivity index (χ2v) is 5.01. The van der Waals surface area contributed by atoms with Crippen LogP contribution in [0.25, 0.3) is 10.8 Å². The molecule has 0 saturated heterocycles. The monoisotopic (exact) mass is 246 g/mol. The van der Waals surface area contributed by atoms with Gasteiger partial charge in [0.05, 0.1) is 0 Å². The molecule has 0 N–H and O–H groups in total. The fourth-order valence-corrected chi connectivity index (χ4v) is 2.91. The summed E-state index contributed by atoms with van der Waals surface area (Å²) in [4.78, 5) is 0.571. The topological polar surface area (TPSA) is 0 Å². The van der Waals surface area contributed by atoms with E-state index in [0.717, 1.165) is 0 Å². The molecule has 0 radical (unpaired) electrons. The predicted molar refractivity (Wildman–Crippen MR) is 63.9 cm³/mol. The maximum Gasteiger partial charge on any atom is 0.0401 e. The summed E-state index contributed by atoms with van der Waals surface area (Å²) in [6.07, 6.45) is 2.46. The molecule has 3 rings (SSSR count). The molecule has 0 fully saturated rings. The number of alkyl halides is 1. The average Bonchev–Trinajstić information content (AvgIpc) is 2.57. The Morgan fingerprint density at radius 3 is 2.57 bits per heavy atom. The van der Waals surface area contributed by atoms with Crippen LogP contribution in [-0.2, 0) is 6.42 Å². The molecule has 0 amide bonds. The number of hydrogen-bond acceptors (Lipinski definition) is 0. The zero-order chi connectivity index (χ0) is 9.54. The normalized spacial score (nSPS) is 19.9. The van der Waals surface area contributed by atoms with Crippen molar-refractivity contribution in [2.24, 2.45) is 0 Å². The third-order valence-electron chi connectivity index (χ3n) is 3.01. The van der Waals surface area contributed by atoms with E-state index in [-0.39, 0.29) is 0 Å². The van der Waals surface area contributed by atoms with E-state index in [0.29, 0.717) is 4.83 Å². The summed E-state index contributed by atoms with van der Waals surface area (Å²) >= 11 is 3.72. The van der Waals surface area contributed by atoms with Crippen molar-refractivity contribution in [3.8, 4) is 0 Å². The minimum atomic E-state index is 0.571. The Labute approximate surface area is 92.1 Å². The Kier molecular flexibility index (Phi) is 1.88. The van der Waals surface area contributed by atoms with Crippen LogP contribution in [-0.4, -0.2) is 0 Å². The molecule has 2 aromatic carbocycles. The van der Waals surface area contributed by atoms with Crippen LogP contribution in [0.5, 0.6) is 0 Å². The molecule has 0 saturated carbocycles. The first-order valence-electron chi connectivity index (χ1n) is 5.00.